The van der Waals surface area contributed by atoms with E-state index >= 15 is 0 Å². The molecule has 5 nitrogen and oxygen atoms in total. The lowest BCUT2D eigenvalue weighted by Gasteiger charge is -2.03. The highest BCUT2D eigenvalue weighted by molar-refractivity contribution is 6.31. The van der Waals surface area contributed by atoms with Gasteiger partial charge in [-0.2, -0.15) is 0 Å². The van der Waals surface area contributed by atoms with E-state index in [4.69, 9.17) is 17.3 Å². The number of hydrogen-bond donors (Lipinski definition) is 1. The number of benzene rings is 1. The summed E-state index contributed by atoms with van der Waals surface area (Å²) in [6.45, 7) is 1.27. The van der Waals surface area contributed by atoms with Gasteiger partial charge in [0.1, 0.15) is 5.69 Å². The summed E-state index contributed by atoms with van der Waals surface area (Å²) >= 11 is 5.60. The van der Waals surface area contributed by atoms with Crippen LogP contribution in [0.3, 0.4) is 0 Å². The molecule has 0 aliphatic rings. The van der Waals surface area contributed by atoms with Crippen molar-refractivity contribution in [3.05, 3.63) is 32.8 Å². The minimum atomic E-state index is -0.673. The van der Waals surface area contributed by atoms with Crippen molar-refractivity contribution in [3.8, 4) is 0 Å². The number of ketones is 1. The van der Waals surface area contributed by atoms with Crippen molar-refractivity contribution in [3.63, 3.8) is 0 Å². The maximum absolute atomic E-state index is 11.0. The molecule has 1 aromatic rings. The van der Waals surface area contributed by atoms with E-state index in [0.717, 1.165) is 6.07 Å². The molecule has 14 heavy (non-hydrogen) atoms. The van der Waals surface area contributed by atoms with Crippen molar-refractivity contribution in [2.45, 2.75) is 6.92 Å². The van der Waals surface area contributed by atoms with E-state index in [2.05, 4.69) is 0 Å². The predicted octanol–water partition coefficient (Wildman–Crippen LogP) is 2.03. The zero-order chi connectivity index (χ0) is 10.9. The Morgan fingerprint density at radius 2 is 2.14 bits per heavy atom. The van der Waals surface area contributed by atoms with Crippen LogP contribution in [0.4, 0.5) is 11.4 Å². The van der Waals surface area contributed by atoms with Crippen molar-refractivity contribution in [2.24, 2.45) is 0 Å². The monoisotopic (exact) mass is 214 g/mol. The quantitative estimate of drug-likeness (QED) is 0.353. The van der Waals surface area contributed by atoms with Gasteiger partial charge < -0.3 is 5.73 Å². The van der Waals surface area contributed by atoms with E-state index in [0.29, 0.717) is 0 Å². The maximum Gasteiger partial charge on any atom is 0.294 e. The summed E-state index contributed by atoms with van der Waals surface area (Å²) in [5.74, 6) is -0.354. The van der Waals surface area contributed by atoms with Crippen LogP contribution in [-0.2, 0) is 0 Å². The molecule has 0 saturated carbocycles. The number of Topliss-reactive ketones (excluding diaryl/α,β-unsaturated/α-hetero) is 1. The molecule has 0 unspecified atom stereocenters. The first kappa shape index (κ1) is 10.5. The molecule has 0 atom stereocenters. The molecular formula is C8H7ClN2O3. The predicted molar refractivity (Wildman–Crippen MR) is 52.5 cm³/mol. The molecule has 0 heterocycles. The van der Waals surface area contributed by atoms with Gasteiger partial charge in [-0.25, -0.2) is 0 Å². The van der Waals surface area contributed by atoms with Crippen LogP contribution in [-0.4, -0.2) is 10.7 Å². The topological polar surface area (TPSA) is 86.2 Å². The Morgan fingerprint density at radius 3 is 2.57 bits per heavy atom. The molecule has 0 bridgehead atoms. The second-order valence-corrected chi connectivity index (χ2v) is 3.14. The highest BCUT2D eigenvalue weighted by atomic mass is 35.5. The summed E-state index contributed by atoms with van der Waals surface area (Å²) in [4.78, 5) is 20.9. The average Bonchev–Trinajstić information content (AvgIpc) is 2.07. The molecule has 0 spiro atoms. The van der Waals surface area contributed by atoms with Gasteiger partial charge in [-0.3, -0.25) is 14.9 Å². The summed E-state index contributed by atoms with van der Waals surface area (Å²) in [6.07, 6.45) is 0. The number of carbonyl (C=O) groups excluding carboxylic acids is 1. The van der Waals surface area contributed by atoms with E-state index in [1.165, 1.54) is 13.0 Å². The van der Waals surface area contributed by atoms with Crippen LogP contribution >= 0.6 is 11.6 Å². The van der Waals surface area contributed by atoms with Crippen LogP contribution in [0.15, 0.2) is 12.1 Å². The van der Waals surface area contributed by atoms with Gasteiger partial charge in [0.15, 0.2) is 5.78 Å². The lowest BCUT2D eigenvalue weighted by atomic mass is 10.1. The zero-order valence-electron chi connectivity index (χ0n) is 7.28. The number of halogens is 1. The first-order chi connectivity index (χ1) is 6.43. The standard InChI is InChI=1S/C8H7ClN2O3/c1-4(12)6-2-5(9)3-7(8(6)10)11(13)14/h2-3H,10H2,1H3. The van der Waals surface area contributed by atoms with E-state index in [9.17, 15) is 14.9 Å². The van der Waals surface area contributed by atoms with Crippen molar-refractivity contribution in [2.75, 3.05) is 5.73 Å². The molecule has 0 saturated heterocycles. The molecule has 0 radical (unpaired) electrons. The van der Waals surface area contributed by atoms with Gasteiger partial charge in [-0.15, -0.1) is 0 Å². The number of nitro benzene ring substituents is 1. The molecule has 0 aromatic heterocycles. The van der Waals surface area contributed by atoms with Crippen LogP contribution in [0.1, 0.15) is 17.3 Å². The molecule has 6 heteroatoms. The number of nitro groups is 1. The Morgan fingerprint density at radius 1 is 1.57 bits per heavy atom. The Labute approximate surface area is 84.6 Å². The second-order valence-electron chi connectivity index (χ2n) is 2.70. The number of nitrogen functional groups attached to an aromatic ring is 1. The molecule has 0 aliphatic carbocycles. The summed E-state index contributed by atoms with van der Waals surface area (Å²) in [5.41, 5.74) is 5.02. The maximum atomic E-state index is 11.0. The highest BCUT2D eigenvalue weighted by Crippen LogP contribution is 2.29. The number of rotatable bonds is 2. The van der Waals surface area contributed by atoms with Crippen molar-refractivity contribution < 1.29 is 9.72 Å². The molecular weight excluding hydrogens is 208 g/mol. The zero-order valence-corrected chi connectivity index (χ0v) is 8.04. The van der Waals surface area contributed by atoms with Gasteiger partial charge in [0.2, 0.25) is 0 Å². The third kappa shape index (κ3) is 1.82. The Kier molecular flexibility index (Phi) is 2.71. The van der Waals surface area contributed by atoms with E-state index in [-0.39, 0.29) is 27.7 Å². The van der Waals surface area contributed by atoms with Crippen LogP contribution in [0.5, 0.6) is 0 Å². The van der Waals surface area contributed by atoms with Crippen molar-refractivity contribution >= 4 is 28.8 Å². The summed E-state index contributed by atoms with van der Waals surface area (Å²) in [5, 5.41) is 10.6. The van der Waals surface area contributed by atoms with Crippen LogP contribution in [0.2, 0.25) is 5.02 Å². The minimum absolute atomic E-state index is 0.0733. The Balaban J connectivity index is 3.47. The van der Waals surface area contributed by atoms with Gasteiger partial charge in [-0.05, 0) is 13.0 Å². The van der Waals surface area contributed by atoms with Gasteiger partial charge in [0.05, 0.1) is 4.92 Å². The fraction of sp³-hybridized carbons (Fsp3) is 0.125. The number of carbonyl (C=O) groups is 1. The minimum Gasteiger partial charge on any atom is -0.393 e. The molecule has 0 fully saturated rings. The third-order valence-electron chi connectivity index (χ3n) is 1.70. The van der Waals surface area contributed by atoms with Crippen molar-refractivity contribution in [1.82, 2.24) is 0 Å². The largest absolute Gasteiger partial charge is 0.393 e. The summed E-state index contributed by atoms with van der Waals surface area (Å²) in [7, 11) is 0. The van der Waals surface area contributed by atoms with E-state index in [1.54, 1.807) is 0 Å². The number of anilines is 1. The summed E-state index contributed by atoms with van der Waals surface area (Å²) in [6, 6.07) is 2.43. The van der Waals surface area contributed by atoms with Gasteiger partial charge in [0, 0.05) is 16.7 Å². The lowest BCUT2D eigenvalue weighted by Crippen LogP contribution is -2.03. The second kappa shape index (κ2) is 3.63. The molecule has 74 valence electrons. The smallest absolute Gasteiger partial charge is 0.294 e. The molecule has 0 aliphatic heterocycles. The lowest BCUT2D eigenvalue weighted by molar-refractivity contribution is -0.383. The normalized spacial score (nSPS) is 9.86. The third-order valence-corrected chi connectivity index (χ3v) is 1.92. The molecule has 2 N–H and O–H groups in total. The van der Waals surface area contributed by atoms with Crippen molar-refractivity contribution in [1.29, 1.82) is 0 Å². The Hall–Kier alpha value is -1.62. The van der Waals surface area contributed by atoms with Crippen LogP contribution in [0, 0.1) is 10.1 Å². The molecule has 1 aromatic carbocycles. The first-order valence-corrected chi connectivity index (χ1v) is 4.05. The van der Waals surface area contributed by atoms with Crippen LogP contribution in [0.25, 0.3) is 0 Å². The van der Waals surface area contributed by atoms with E-state index in [1.807, 2.05) is 0 Å². The first-order valence-electron chi connectivity index (χ1n) is 3.68. The van der Waals surface area contributed by atoms with Gasteiger partial charge in [-0.1, -0.05) is 11.6 Å². The Bertz CT molecular complexity index is 382. The molecule has 0 amide bonds. The van der Waals surface area contributed by atoms with E-state index < -0.39 is 4.92 Å². The SMILES string of the molecule is CC(=O)c1cc(Cl)cc([N+](=O)[O-])c1N. The van der Waals surface area contributed by atoms with Crippen LogP contribution < -0.4 is 5.73 Å². The summed E-state index contributed by atoms with van der Waals surface area (Å²) < 4.78 is 0. The number of nitrogens with zero attached hydrogens (tertiary/aromatic N) is 1. The number of hydrogen-bond acceptors (Lipinski definition) is 4. The average molecular weight is 215 g/mol. The fourth-order valence-corrected chi connectivity index (χ4v) is 1.26. The van der Waals surface area contributed by atoms with Gasteiger partial charge >= 0.3 is 0 Å². The number of nitrogens with two attached hydrogens (primary N) is 1. The molecule has 1 rings (SSSR count). The van der Waals surface area contributed by atoms with Gasteiger partial charge in [0.25, 0.3) is 5.69 Å². The fourth-order valence-electron chi connectivity index (χ4n) is 1.05. The highest BCUT2D eigenvalue weighted by Gasteiger charge is 2.18.